The number of allylic oxidation sites excluding steroid dienone is 2. The largest absolute Gasteiger partial charge is 0.462 e. The Kier molecular flexibility index (Phi) is 11.1. The Morgan fingerprint density at radius 3 is 2.38 bits per heavy atom. The average molecular weight is 468 g/mol. The molecule has 1 aromatic rings. The van der Waals surface area contributed by atoms with E-state index in [4.69, 9.17) is 10.00 Å². The minimum Gasteiger partial charge on any atom is -0.462 e. The van der Waals surface area contributed by atoms with Crippen molar-refractivity contribution in [2.75, 3.05) is 0 Å². The number of carbonyl (C=O) groups excluding carboxylic acids is 1. The van der Waals surface area contributed by atoms with Crippen molar-refractivity contribution in [1.82, 2.24) is 0 Å². The second-order valence-corrected chi connectivity index (χ2v) is 10.4. The molecule has 0 spiro atoms. The summed E-state index contributed by atoms with van der Waals surface area (Å²) < 4.78 is 18.8. The van der Waals surface area contributed by atoms with E-state index in [1.807, 2.05) is 0 Å². The van der Waals surface area contributed by atoms with Gasteiger partial charge in [-0.3, -0.25) is 4.79 Å². The molecule has 3 rings (SSSR count). The predicted molar refractivity (Wildman–Crippen MR) is 135 cm³/mol. The Balaban J connectivity index is 1.33. The van der Waals surface area contributed by atoms with Crippen molar-refractivity contribution in [3.8, 4) is 6.07 Å². The van der Waals surface area contributed by atoms with Gasteiger partial charge in [-0.25, -0.2) is 0 Å². The van der Waals surface area contributed by atoms with Gasteiger partial charge < -0.3 is 4.74 Å². The van der Waals surface area contributed by atoms with Crippen LogP contribution in [0.3, 0.4) is 0 Å². The van der Waals surface area contributed by atoms with Gasteiger partial charge in [-0.15, -0.1) is 0 Å². The van der Waals surface area contributed by atoms with Crippen molar-refractivity contribution in [3.63, 3.8) is 0 Å². The van der Waals surface area contributed by atoms with Crippen LogP contribution in [0.4, 0.5) is 4.39 Å². The third kappa shape index (κ3) is 8.57. The number of carbonyl (C=O) groups is 1. The molecule has 0 bridgehead atoms. The van der Waals surface area contributed by atoms with Crippen LogP contribution in [0.25, 0.3) is 0 Å². The first-order valence-electron chi connectivity index (χ1n) is 13.6. The van der Waals surface area contributed by atoms with Crippen LogP contribution in [-0.2, 0) is 16.0 Å². The Morgan fingerprint density at radius 1 is 1.03 bits per heavy atom. The van der Waals surface area contributed by atoms with Crippen LogP contribution >= 0.6 is 0 Å². The Morgan fingerprint density at radius 2 is 1.74 bits per heavy atom. The number of unbranched alkanes of at least 4 members (excludes halogenated alkanes) is 3. The van der Waals surface area contributed by atoms with Gasteiger partial charge in [-0.2, -0.15) is 9.65 Å². The molecule has 0 radical (unpaired) electrons. The van der Waals surface area contributed by atoms with Gasteiger partial charge >= 0.3 is 5.97 Å². The third-order valence-electron chi connectivity index (χ3n) is 7.91. The zero-order valence-corrected chi connectivity index (χ0v) is 20.9. The third-order valence-corrected chi connectivity index (χ3v) is 7.91. The fourth-order valence-electron chi connectivity index (χ4n) is 5.67. The van der Waals surface area contributed by atoms with Crippen molar-refractivity contribution in [3.05, 3.63) is 47.3 Å². The van der Waals surface area contributed by atoms with Crippen molar-refractivity contribution >= 4 is 5.97 Å². The van der Waals surface area contributed by atoms with E-state index in [9.17, 15) is 9.18 Å². The number of halogens is 1. The van der Waals surface area contributed by atoms with Crippen molar-refractivity contribution < 1.29 is 13.9 Å². The van der Waals surface area contributed by atoms with E-state index in [0.29, 0.717) is 18.3 Å². The molecule has 0 saturated heterocycles. The Labute approximate surface area is 205 Å². The van der Waals surface area contributed by atoms with Crippen molar-refractivity contribution in [2.45, 2.75) is 115 Å². The Hall–Kier alpha value is -2.15. The summed E-state index contributed by atoms with van der Waals surface area (Å²) in [6.45, 7) is 2.25. The molecule has 0 aliphatic heterocycles. The van der Waals surface area contributed by atoms with Gasteiger partial charge in [0.05, 0.1) is 5.92 Å². The molecule has 2 aliphatic rings. The SMILES string of the molecule is CCCCCCc1ccc([C@H]2CC[C@H](OC(=O)[C@H]3CC[C@H](CCC=C(F)C#N)CC3)CC2)cc1. The summed E-state index contributed by atoms with van der Waals surface area (Å²) in [5.41, 5.74) is 2.88. The number of esters is 1. The number of hydrogen-bond donors (Lipinski definition) is 0. The highest BCUT2D eigenvalue weighted by atomic mass is 19.1. The van der Waals surface area contributed by atoms with Gasteiger partial charge in [-0.05, 0) is 106 Å². The summed E-state index contributed by atoms with van der Waals surface area (Å²) in [6, 6.07) is 10.8. The lowest BCUT2D eigenvalue weighted by molar-refractivity contribution is -0.157. The zero-order valence-electron chi connectivity index (χ0n) is 20.9. The van der Waals surface area contributed by atoms with Crippen LogP contribution < -0.4 is 0 Å². The monoisotopic (exact) mass is 467 g/mol. The van der Waals surface area contributed by atoms with Crippen LogP contribution in [0.5, 0.6) is 0 Å². The number of nitrogens with zero attached hydrogens (tertiary/aromatic N) is 1. The molecule has 3 nitrogen and oxygen atoms in total. The molecule has 2 aliphatic carbocycles. The molecule has 0 unspecified atom stereocenters. The maximum atomic E-state index is 12.9. The summed E-state index contributed by atoms with van der Waals surface area (Å²) in [4.78, 5) is 12.7. The van der Waals surface area contributed by atoms with E-state index in [2.05, 4.69) is 31.2 Å². The number of rotatable bonds is 11. The highest BCUT2D eigenvalue weighted by Gasteiger charge is 2.30. The van der Waals surface area contributed by atoms with Crippen LogP contribution in [0.2, 0.25) is 0 Å². The molecular weight excluding hydrogens is 425 g/mol. The molecule has 0 atom stereocenters. The first-order chi connectivity index (χ1) is 16.6. The van der Waals surface area contributed by atoms with Crippen LogP contribution in [0.1, 0.15) is 114 Å². The van der Waals surface area contributed by atoms with Gasteiger partial charge in [0.2, 0.25) is 0 Å². The number of nitriles is 1. The van der Waals surface area contributed by atoms with E-state index < -0.39 is 5.83 Å². The maximum absolute atomic E-state index is 12.9. The first-order valence-corrected chi connectivity index (χ1v) is 13.6. The summed E-state index contributed by atoms with van der Waals surface area (Å²) in [5.74, 6) is 0.418. The smallest absolute Gasteiger partial charge is 0.309 e. The van der Waals surface area contributed by atoms with Crippen LogP contribution in [0, 0.1) is 23.2 Å². The number of hydrogen-bond acceptors (Lipinski definition) is 3. The minimum absolute atomic E-state index is 0.00949. The van der Waals surface area contributed by atoms with Gasteiger partial charge in [-0.1, -0.05) is 50.5 Å². The maximum Gasteiger partial charge on any atom is 0.309 e. The van der Waals surface area contributed by atoms with E-state index in [1.54, 1.807) is 0 Å². The van der Waals surface area contributed by atoms with E-state index in [1.165, 1.54) is 55.4 Å². The van der Waals surface area contributed by atoms with Gasteiger partial charge in [0.15, 0.2) is 5.83 Å². The summed E-state index contributed by atoms with van der Waals surface area (Å²) in [5, 5.41) is 8.48. The van der Waals surface area contributed by atoms with Crippen LogP contribution in [-0.4, -0.2) is 12.1 Å². The molecule has 2 saturated carbocycles. The molecule has 0 heterocycles. The molecular formula is C30H42FNO2. The first kappa shape index (κ1) is 26.5. The zero-order chi connectivity index (χ0) is 24.2. The van der Waals surface area contributed by atoms with Crippen molar-refractivity contribution in [1.29, 1.82) is 5.26 Å². The van der Waals surface area contributed by atoms with Gasteiger partial charge in [0, 0.05) is 0 Å². The predicted octanol–water partition coefficient (Wildman–Crippen LogP) is 8.34. The van der Waals surface area contributed by atoms with Crippen LogP contribution in [0.15, 0.2) is 36.2 Å². The van der Waals surface area contributed by atoms with E-state index in [0.717, 1.165) is 57.8 Å². The summed E-state index contributed by atoms with van der Waals surface area (Å²) in [6.07, 6.45) is 17.2. The summed E-state index contributed by atoms with van der Waals surface area (Å²) in [7, 11) is 0. The Bertz CT molecular complexity index is 809. The summed E-state index contributed by atoms with van der Waals surface area (Å²) >= 11 is 0. The molecule has 0 N–H and O–H groups in total. The van der Waals surface area contributed by atoms with Gasteiger partial charge in [0.1, 0.15) is 12.2 Å². The topological polar surface area (TPSA) is 50.1 Å². The fraction of sp³-hybridized carbons (Fsp3) is 0.667. The number of aryl methyl sites for hydroxylation is 1. The lowest BCUT2D eigenvalue weighted by Gasteiger charge is -2.31. The molecule has 34 heavy (non-hydrogen) atoms. The second-order valence-electron chi connectivity index (χ2n) is 10.4. The minimum atomic E-state index is -0.693. The highest BCUT2D eigenvalue weighted by molar-refractivity contribution is 5.72. The van der Waals surface area contributed by atoms with E-state index >= 15 is 0 Å². The lowest BCUT2D eigenvalue weighted by atomic mass is 9.79. The molecule has 4 heteroatoms. The second kappa shape index (κ2) is 14.3. The molecule has 0 aromatic heterocycles. The molecule has 2 fully saturated rings. The normalized spacial score (nSPS) is 25.5. The quantitative estimate of drug-likeness (QED) is 0.187. The highest BCUT2D eigenvalue weighted by Crippen LogP contribution is 2.36. The average Bonchev–Trinajstić information content (AvgIpc) is 2.88. The lowest BCUT2D eigenvalue weighted by Crippen LogP contribution is -2.29. The number of benzene rings is 1. The molecule has 186 valence electrons. The number of ether oxygens (including phenoxy) is 1. The molecule has 1 aromatic carbocycles. The van der Waals surface area contributed by atoms with E-state index in [-0.39, 0.29) is 18.0 Å². The standard InChI is InChI=1S/C30H42FNO2/c1-2-3-4-5-7-23-10-14-25(15-11-23)26-18-20-29(21-19-26)34-30(33)27-16-12-24(13-17-27)8-6-9-28(31)22-32/h9-11,14-15,24,26-27,29H,2-8,12-13,16-21H2,1H3/t24-,26-,27-,29-. The van der Waals surface area contributed by atoms with Gasteiger partial charge in [0.25, 0.3) is 0 Å². The van der Waals surface area contributed by atoms with Crippen molar-refractivity contribution in [2.24, 2.45) is 11.8 Å². The fourth-order valence-corrected chi connectivity index (χ4v) is 5.67. The molecule has 0 amide bonds.